The summed E-state index contributed by atoms with van der Waals surface area (Å²) in [7, 11) is 0. The topological polar surface area (TPSA) is 205 Å². The second-order valence-electron chi connectivity index (χ2n) is 13.7. The first-order chi connectivity index (χ1) is 24.7. The minimum atomic E-state index is -1.38. The van der Waals surface area contributed by atoms with E-state index in [0.717, 1.165) is 0 Å². The third-order valence-corrected chi connectivity index (χ3v) is 9.25. The maximum absolute atomic E-state index is 14.1. The Kier molecular flexibility index (Phi) is 15.3. The lowest BCUT2D eigenvalue weighted by Gasteiger charge is -2.33. The van der Waals surface area contributed by atoms with Crippen molar-refractivity contribution in [3.05, 3.63) is 72.8 Å². The van der Waals surface area contributed by atoms with Gasteiger partial charge in [0.05, 0.1) is 12.2 Å². The van der Waals surface area contributed by atoms with E-state index in [-0.39, 0.29) is 43.2 Å². The first kappa shape index (κ1) is 41.2. The quantitative estimate of drug-likeness (QED) is 0.0949. The Hall–Kier alpha value is -5.27. The minimum Gasteiger partial charge on any atom is -0.480 e. The van der Waals surface area contributed by atoms with Gasteiger partial charge in [0, 0.05) is 43.6 Å². The van der Waals surface area contributed by atoms with Crippen LogP contribution in [0.3, 0.4) is 0 Å². The molecular weight excluding hydrogens is 668 g/mol. The Morgan fingerprint density at radius 3 is 2.21 bits per heavy atom. The molecule has 1 aromatic heterocycles. The lowest BCUT2D eigenvalue weighted by atomic mass is 9.88. The van der Waals surface area contributed by atoms with E-state index < -0.39 is 77.3 Å². The van der Waals surface area contributed by atoms with Crippen molar-refractivity contribution in [2.45, 2.75) is 90.9 Å². The summed E-state index contributed by atoms with van der Waals surface area (Å²) in [6.45, 7) is 12.9. The average Bonchev–Trinajstić information content (AvgIpc) is 3.56. The minimum absolute atomic E-state index is 0.0519. The number of ketones is 2. The molecule has 0 bridgehead atoms. The van der Waals surface area contributed by atoms with Gasteiger partial charge in [0.2, 0.25) is 23.5 Å². The summed E-state index contributed by atoms with van der Waals surface area (Å²) in [6.07, 6.45) is 6.40. The maximum Gasteiger partial charge on any atom is 0.326 e. The second-order valence-corrected chi connectivity index (χ2v) is 13.7. The molecule has 1 fully saturated rings. The van der Waals surface area contributed by atoms with E-state index in [4.69, 9.17) is 0 Å². The molecule has 0 spiro atoms. The molecule has 3 rings (SSSR count). The lowest BCUT2D eigenvalue weighted by Crippen LogP contribution is -2.59. The van der Waals surface area contributed by atoms with Crippen molar-refractivity contribution in [1.29, 1.82) is 0 Å². The van der Waals surface area contributed by atoms with Crippen molar-refractivity contribution in [1.82, 2.24) is 30.8 Å². The van der Waals surface area contributed by atoms with Crippen molar-refractivity contribution >= 4 is 41.2 Å². The normalized spacial score (nSPS) is 17.8. The first-order valence-electron chi connectivity index (χ1n) is 17.6. The number of aliphatic carboxylic acids is 1. The van der Waals surface area contributed by atoms with E-state index in [1.165, 1.54) is 23.5 Å². The number of carboxylic acids is 1. The number of benzene rings is 1. The van der Waals surface area contributed by atoms with E-state index in [2.05, 4.69) is 32.5 Å². The highest BCUT2D eigenvalue weighted by Crippen LogP contribution is 2.28. The highest BCUT2D eigenvalue weighted by Gasteiger charge is 2.45. The smallest absolute Gasteiger partial charge is 0.326 e. The van der Waals surface area contributed by atoms with Gasteiger partial charge in [-0.2, -0.15) is 0 Å². The van der Waals surface area contributed by atoms with E-state index in [1.54, 1.807) is 71.0 Å². The van der Waals surface area contributed by atoms with Crippen LogP contribution in [0, 0.1) is 23.7 Å². The molecule has 1 aliphatic heterocycles. The lowest BCUT2D eigenvalue weighted by molar-refractivity contribution is -0.146. The number of carbonyl (C=O) groups excluding carboxylic acids is 6. The van der Waals surface area contributed by atoms with Gasteiger partial charge in [0.15, 0.2) is 5.78 Å². The molecule has 0 aliphatic carbocycles. The fourth-order valence-corrected chi connectivity index (χ4v) is 6.23. The number of carbonyl (C=O) groups is 7. The third kappa shape index (κ3) is 10.9. The summed E-state index contributed by atoms with van der Waals surface area (Å²) in [6, 6.07) is 3.83. The standard InChI is InChI=1S/C38H50N6O8/c1-7-12-27(33(46)36(49)42-28(38(51)52)19-24-13-10-9-11-14-24)41-35(48)32-25(8-2)15-18-44(32)37(50)31(23(5)6)43-34(47)26(22(3)4)20-30(45)29-21-39-16-17-40-29/h8-11,13-14,16-17,21-23,25-28,31-32H,2,7,12,15,18-20H2,1,3-6H3,(H,41,48)(H,42,49)(H,43,47)(H,51,52)/t25-,26-,27?,28-,31-,32-/m0/s1. The molecule has 4 N–H and O–H groups in total. The van der Waals surface area contributed by atoms with E-state index in [9.17, 15) is 38.7 Å². The molecule has 0 saturated carbocycles. The molecule has 2 aromatic rings. The Balaban J connectivity index is 1.77. The summed E-state index contributed by atoms with van der Waals surface area (Å²) in [5, 5.41) is 17.5. The second kappa shape index (κ2) is 19.4. The molecule has 1 saturated heterocycles. The summed E-state index contributed by atoms with van der Waals surface area (Å²) < 4.78 is 0. The molecule has 1 aliphatic rings. The van der Waals surface area contributed by atoms with E-state index in [1.807, 2.05) is 0 Å². The summed E-state index contributed by atoms with van der Waals surface area (Å²) in [4.78, 5) is 102. The average molecular weight is 719 g/mol. The van der Waals surface area contributed by atoms with Crippen molar-refractivity contribution in [2.75, 3.05) is 6.54 Å². The SMILES string of the molecule is C=C[C@H]1CCN(C(=O)[C@@H](NC(=O)[C@@H](CC(=O)c2cnccn2)C(C)C)C(C)C)[C@@H]1C(=O)NC(CCC)C(=O)C(=O)N[C@@H](Cc1ccccc1)C(=O)O. The van der Waals surface area contributed by atoms with Gasteiger partial charge in [-0.15, -0.1) is 6.58 Å². The fourth-order valence-electron chi connectivity index (χ4n) is 6.23. The molecule has 1 aromatic carbocycles. The number of Topliss-reactive ketones (excluding diaryl/α,β-unsaturated/α-hetero) is 2. The Morgan fingerprint density at radius 2 is 1.65 bits per heavy atom. The predicted octanol–water partition coefficient (Wildman–Crippen LogP) is 2.53. The Bertz CT molecular complexity index is 1600. The van der Waals surface area contributed by atoms with Crippen LogP contribution in [0.4, 0.5) is 0 Å². The number of hydrogen-bond acceptors (Lipinski definition) is 9. The van der Waals surface area contributed by atoms with Gasteiger partial charge in [-0.1, -0.05) is 77.4 Å². The molecule has 0 radical (unpaired) electrons. The molecular formula is C38H50N6O8. The Morgan fingerprint density at radius 1 is 0.962 bits per heavy atom. The molecule has 6 atom stereocenters. The number of rotatable bonds is 19. The zero-order valence-corrected chi connectivity index (χ0v) is 30.4. The monoisotopic (exact) mass is 718 g/mol. The zero-order valence-electron chi connectivity index (χ0n) is 30.4. The highest BCUT2D eigenvalue weighted by atomic mass is 16.4. The number of amides is 4. The van der Waals surface area contributed by atoms with E-state index >= 15 is 0 Å². The van der Waals surface area contributed by atoms with Gasteiger partial charge < -0.3 is 26.0 Å². The predicted molar refractivity (Wildman–Crippen MR) is 191 cm³/mol. The van der Waals surface area contributed by atoms with Gasteiger partial charge in [-0.3, -0.25) is 33.8 Å². The summed E-state index contributed by atoms with van der Waals surface area (Å²) in [5.41, 5.74) is 0.777. The van der Waals surface area contributed by atoms with Gasteiger partial charge in [0.1, 0.15) is 23.8 Å². The van der Waals surface area contributed by atoms with Crippen molar-refractivity contribution < 1.29 is 38.7 Å². The number of hydrogen-bond donors (Lipinski definition) is 4. The molecule has 2 heterocycles. The van der Waals surface area contributed by atoms with Crippen LogP contribution in [0.2, 0.25) is 0 Å². The number of nitrogens with one attached hydrogen (secondary N) is 3. The first-order valence-corrected chi connectivity index (χ1v) is 17.6. The van der Waals surface area contributed by atoms with Crippen LogP contribution in [0.1, 0.15) is 76.4 Å². The molecule has 4 amide bonds. The van der Waals surface area contributed by atoms with Gasteiger partial charge in [-0.25, -0.2) is 9.78 Å². The van der Waals surface area contributed by atoms with Gasteiger partial charge in [-0.05, 0) is 30.2 Å². The maximum atomic E-state index is 14.1. The molecule has 280 valence electrons. The van der Waals surface area contributed by atoms with E-state index in [0.29, 0.717) is 18.4 Å². The largest absolute Gasteiger partial charge is 0.480 e. The van der Waals surface area contributed by atoms with Crippen LogP contribution < -0.4 is 16.0 Å². The summed E-state index contributed by atoms with van der Waals surface area (Å²) in [5.74, 6) is -7.46. The fraction of sp³-hybridized carbons (Fsp3) is 0.500. The van der Waals surface area contributed by atoms with Crippen LogP contribution in [-0.2, 0) is 35.2 Å². The van der Waals surface area contributed by atoms with Crippen LogP contribution in [0.5, 0.6) is 0 Å². The van der Waals surface area contributed by atoms with Crippen LogP contribution in [-0.4, -0.2) is 91.9 Å². The Labute approximate surface area is 304 Å². The van der Waals surface area contributed by atoms with Crippen molar-refractivity contribution in [2.24, 2.45) is 23.7 Å². The van der Waals surface area contributed by atoms with Crippen molar-refractivity contribution in [3.63, 3.8) is 0 Å². The van der Waals surface area contributed by atoms with Crippen LogP contribution in [0.15, 0.2) is 61.6 Å². The zero-order chi connectivity index (χ0) is 38.5. The highest BCUT2D eigenvalue weighted by molar-refractivity contribution is 6.38. The van der Waals surface area contributed by atoms with Gasteiger partial charge in [0.25, 0.3) is 5.91 Å². The molecule has 14 heteroatoms. The molecule has 52 heavy (non-hydrogen) atoms. The van der Waals surface area contributed by atoms with Crippen LogP contribution in [0.25, 0.3) is 0 Å². The number of carboxylic acid groups (broad SMARTS) is 1. The number of aromatic nitrogens is 2. The van der Waals surface area contributed by atoms with Crippen LogP contribution >= 0.6 is 0 Å². The summed E-state index contributed by atoms with van der Waals surface area (Å²) >= 11 is 0. The number of likely N-dealkylation sites (tertiary alicyclic amines) is 1. The molecule has 14 nitrogen and oxygen atoms in total. The van der Waals surface area contributed by atoms with Crippen molar-refractivity contribution in [3.8, 4) is 0 Å². The van der Waals surface area contributed by atoms with Gasteiger partial charge >= 0.3 is 5.97 Å². The number of nitrogens with zero attached hydrogens (tertiary/aromatic N) is 3. The molecule has 1 unspecified atom stereocenters. The third-order valence-electron chi connectivity index (χ3n) is 9.25.